The lowest BCUT2D eigenvalue weighted by molar-refractivity contribution is 0.101. The molecular formula is C83H70ClFN10O5S3. The highest BCUT2D eigenvalue weighted by atomic mass is 35.5. The Labute approximate surface area is 611 Å². The number of aryl methyl sites for hydroxylation is 5. The molecule has 0 unspecified atom stereocenters. The summed E-state index contributed by atoms with van der Waals surface area (Å²) in [6, 6.07) is 69.0. The van der Waals surface area contributed by atoms with Crippen molar-refractivity contribution >= 4 is 136 Å². The lowest BCUT2D eigenvalue weighted by Crippen LogP contribution is -2.12. The molecule has 0 atom stereocenters. The molecule has 16 rings (SSSR count). The monoisotopic (exact) mass is 1440 g/mol. The van der Waals surface area contributed by atoms with Crippen LogP contribution in [0, 0.1) is 40.4 Å². The maximum absolute atomic E-state index is 13.7. The molecule has 16 aromatic rings. The van der Waals surface area contributed by atoms with Crippen LogP contribution in [0.25, 0.3) is 43.6 Å². The number of halogens is 2. The first kappa shape index (κ1) is 69.7. The second kappa shape index (κ2) is 31.9. The Bertz CT molecular complexity index is 5230. The topological polar surface area (TPSA) is 175 Å². The summed E-state index contributed by atoms with van der Waals surface area (Å²) >= 11 is 9.89. The molecule has 514 valence electrons. The number of amides is 4. The molecule has 0 radical (unpaired) electrons. The number of benzene rings is 8. The average Bonchev–Trinajstić information content (AvgIpc) is 1.67. The van der Waals surface area contributed by atoms with Crippen LogP contribution in [0.2, 0.25) is 4.34 Å². The second-order valence-corrected chi connectivity index (χ2v) is 28.2. The van der Waals surface area contributed by atoms with Gasteiger partial charge < -0.3 is 44.1 Å². The lowest BCUT2D eigenvalue weighted by atomic mass is 10.1. The van der Waals surface area contributed by atoms with Gasteiger partial charge in [0.1, 0.15) is 31.7 Å². The second-order valence-electron chi connectivity index (χ2n) is 24.9. The van der Waals surface area contributed by atoms with E-state index in [0.717, 1.165) is 91.6 Å². The minimum atomic E-state index is -0.490. The first-order valence-corrected chi connectivity index (χ1v) is 36.1. The van der Waals surface area contributed by atoms with E-state index in [-0.39, 0.29) is 22.6 Å². The smallest absolute Gasteiger partial charge is 0.268 e. The Morgan fingerprint density at radius 1 is 0.417 bits per heavy atom. The minimum absolute atomic E-state index is 0.0976. The van der Waals surface area contributed by atoms with Crippen LogP contribution in [0.1, 0.15) is 90.3 Å². The molecule has 0 aliphatic carbocycles. The largest absolute Gasteiger partial charge is 0.364 e. The predicted molar refractivity (Wildman–Crippen MR) is 418 cm³/mol. The zero-order chi connectivity index (χ0) is 71.5. The van der Waals surface area contributed by atoms with Crippen molar-refractivity contribution in [3.63, 3.8) is 0 Å². The number of carbonyl (C=O) groups excluding carboxylic acids is 4. The Balaban J connectivity index is 0.000000122. The molecule has 4 amide bonds. The molecule has 15 nitrogen and oxygen atoms in total. The first-order valence-electron chi connectivity index (χ1n) is 33.1. The van der Waals surface area contributed by atoms with Gasteiger partial charge in [-0.2, -0.15) is 0 Å². The fourth-order valence-electron chi connectivity index (χ4n) is 12.0. The number of nitrogens with zero attached hydrogens (tertiary/aromatic N) is 6. The van der Waals surface area contributed by atoms with E-state index < -0.39 is 11.7 Å². The van der Waals surface area contributed by atoms with Crippen LogP contribution in [-0.4, -0.2) is 52.0 Å². The van der Waals surface area contributed by atoms with Gasteiger partial charge in [-0.05, 0) is 104 Å². The van der Waals surface area contributed by atoms with Crippen LogP contribution in [-0.2, 0) is 26.2 Å². The van der Waals surface area contributed by atoms with Gasteiger partial charge in [-0.25, -0.2) is 4.39 Å². The molecule has 8 aromatic carbocycles. The zero-order valence-corrected chi connectivity index (χ0v) is 60.1. The van der Waals surface area contributed by atoms with E-state index in [1.165, 1.54) is 79.5 Å². The molecule has 0 saturated heterocycles. The lowest BCUT2D eigenvalue weighted by Gasteiger charge is -2.06. The van der Waals surface area contributed by atoms with Crippen molar-refractivity contribution in [1.29, 1.82) is 0 Å². The number of thiophene rings is 2. The summed E-state index contributed by atoms with van der Waals surface area (Å²) in [5, 5.41) is 23.0. The summed E-state index contributed by atoms with van der Waals surface area (Å²) in [6.45, 7) is 13.0. The highest BCUT2D eigenvalue weighted by molar-refractivity contribution is 7.14. The molecule has 8 aromatic heterocycles. The Kier molecular flexibility index (Phi) is 21.6. The predicted octanol–water partition coefficient (Wildman–Crippen LogP) is 20.7. The van der Waals surface area contributed by atoms with E-state index in [2.05, 4.69) is 193 Å². The van der Waals surface area contributed by atoms with Crippen LogP contribution in [0.15, 0.2) is 264 Å². The van der Waals surface area contributed by atoms with Crippen molar-refractivity contribution in [3.8, 4) is 0 Å². The van der Waals surface area contributed by atoms with Crippen molar-refractivity contribution in [2.75, 3.05) is 21.3 Å². The number of hydrogen-bond acceptors (Lipinski definition) is 10. The molecule has 0 fully saturated rings. The normalized spacial score (nSPS) is 11.0. The molecule has 0 bridgehead atoms. The third kappa shape index (κ3) is 16.7. The van der Waals surface area contributed by atoms with Gasteiger partial charge >= 0.3 is 0 Å². The van der Waals surface area contributed by atoms with Gasteiger partial charge in [0, 0.05) is 72.5 Å². The van der Waals surface area contributed by atoms with Gasteiger partial charge in [0.25, 0.3) is 23.6 Å². The van der Waals surface area contributed by atoms with Crippen molar-refractivity contribution in [1.82, 2.24) is 28.4 Å². The summed E-state index contributed by atoms with van der Waals surface area (Å²) in [5.41, 5.74) is 20.3. The van der Waals surface area contributed by atoms with Crippen molar-refractivity contribution in [3.05, 3.63) is 341 Å². The highest BCUT2D eigenvalue weighted by Crippen LogP contribution is 2.33. The standard InChI is InChI=1S/C21H17ClN2OS.C21H17FN2OS.C21H19N3O2.C20H17N3OS/c1-14-6-8-15(9-7-14)12-24-13-18(16-4-2-3-5-19(16)24)23-21(25)17-10-11-26-20(17)22;1-14-6-8-15(9-7-14)12-24-13-18(16-4-2-3-5-19(16)24)23-21(25)20-17(22)10-11-26-20;1-14-7-9-16(10-8-14)11-24-12-19(17-5-3-4-6-20(17)24)22-21(25)18-13-26-23-15(18)2;1-14-6-8-15(9-7-14)11-23-12-17(16-4-2-3-5-18(16)23)22-20(24)19-10-21-13-25-19/h2*2-11,13H,12H2,1H3,(H,23,25);3-10,12-13H,11H2,1-2H3,(H,22,25);2-10,12-13H,11H2,1H3,(H,22,24). The number of rotatable bonds is 16. The first-order chi connectivity index (χ1) is 50.0. The van der Waals surface area contributed by atoms with Crippen LogP contribution in [0.3, 0.4) is 0 Å². The maximum atomic E-state index is 13.7. The molecule has 0 spiro atoms. The number of hydrogen-bond donors (Lipinski definition) is 4. The number of aromatic nitrogens is 6. The summed E-state index contributed by atoms with van der Waals surface area (Å²) in [7, 11) is 0. The maximum Gasteiger partial charge on any atom is 0.268 e. The third-order valence-corrected chi connectivity index (χ3v) is 20.2. The van der Waals surface area contributed by atoms with Crippen molar-refractivity contribution < 1.29 is 28.1 Å². The summed E-state index contributed by atoms with van der Waals surface area (Å²) in [5.74, 6) is -1.44. The average molecular weight is 1440 g/mol. The van der Waals surface area contributed by atoms with Crippen LogP contribution in [0.4, 0.5) is 27.1 Å². The van der Waals surface area contributed by atoms with Gasteiger partial charge in [0.15, 0.2) is 0 Å². The van der Waals surface area contributed by atoms with E-state index in [1.807, 2.05) is 109 Å². The van der Waals surface area contributed by atoms with Gasteiger partial charge in [0.05, 0.1) is 67.8 Å². The third-order valence-electron chi connectivity index (χ3n) is 17.4. The van der Waals surface area contributed by atoms with Gasteiger partial charge in [0.2, 0.25) is 0 Å². The van der Waals surface area contributed by atoms with Crippen LogP contribution >= 0.6 is 45.6 Å². The van der Waals surface area contributed by atoms with E-state index in [4.69, 9.17) is 16.1 Å². The number of carbonyl (C=O) groups is 4. The molecule has 0 aliphatic heterocycles. The van der Waals surface area contributed by atoms with Crippen LogP contribution in [0.5, 0.6) is 0 Å². The van der Waals surface area contributed by atoms with Gasteiger partial charge in [-0.1, -0.05) is 209 Å². The quantitative estimate of drug-likeness (QED) is 0.0744. The summed E-state index contributed by atoms with van der Waals surface area (Å²) in [6.07, 6.45) is 10.8. The number of fused-ring (bicyclic) bond motifs is 4. The Morgan fingerprint density at radius 3 is 1.09 bits per heavy atom. The number of anilines is 4. The molecule has 4 N–H and O–H groups in total. The zero-order valence-electron chi connectivity index (χ0n) is 56.9. The summed E-state index contributed by atoms with van der Waals surface area (Å²) < 4.78 is 27.6. The van der Waals surface area contributed by atoms with Crippen molar-refractivity contribution in [2.45, 2.75) is 60.8 Å². The Hall–Kier alpha value is -11.7. The van der Waals surface area contributed by atoms with E-state index >= 15 is 0 Å². The van der Waals surface area contributed by atoms with Gasteiger partial charge in [-0.15, -0.1) is 34.0 Å². The number of thiazole rings is 1. The number of nitrogens with one attached hydrogen (secondary N) is 4. The minimum Gasteiger partial charge on any atom is -0.364 e. The molecule has 8 heterocycles. The van der Waals surface area contributed by atoms with Crippen LogP contribution < -0.4 is 21.3 Å². The molecule has 0 saturated carbocycles. The molecule has 0 aliphatic rings. The highest BCUT2D eigenvalue weighted by Gasteiger charge is 2.21. The van der Waals surface area contributed by atoms with E-state index in [9.17, 15) is 23.6 Å². The fraction of sp³-hybridized carbons (Fsp3) is 0.108. The Morgan fingerprint density at radius 2 is 0.767 bits per heavy atom. The van der Waals surface area contributed by atoms with E-state index in [1.54, 1.807) is 30.1 Å². The van der Waals surface area contributed by atoms with Gasteiger partial charge in [-0.3, -0.25) is 24.2 Å². The van der Waals surface area contributed by atoms with E-state index in [0.29, 0.717) is 38.3 Å². The fourth-order valence-corrected chi connectivity index (χ4v) is 14.1. The molecular weight excluding hydrogens is 1370 g/mol. The molecule has 20 heteroatoms. The van der Waals surface area contributed by atoms with Crippen molar-refractivity contribution in [2.24, 2.45) is 0 Å². The SMILES string of the molecule is Cc1ccc(Cn2cc(NC(=O)c3ccsc3Cl)c3ccccc32)cc1.Cc1ccc(Cn2cc(NC(=O)c3cncs3)c3ccccc32)cc1.Cc1ccc(Cn2cc(NC(=O)c3conc3C)c3ccccc32)cc1.Cc1ccc(Cn2cc(NC(=O)c3sccc3F)c3ccccc32)cc1. The molecule has 103 heavy (non-hydrogen) atoms. The summed E-state index contributed by atoms with van der Waals surface area (Å²) in [4.78, 5) is 54.5. The number of para-hydroxylation sites is 4.